The zero-order valence-electron chi connectivity index (χ0n) is 15.8. The van der Waals surface area contributed by atoms with Crippen LogP contribution in [0.4, 0.5) is 5.69 Å². The van der Waals surface area contributed by atoms with Gasteiger partial charge in [-0.3, -0.25) is 9.59 Å². The molecule has 144 valence electrons. The highest BCUT2D eigenvalue weighted by atomic mass is 16.5. The third-order valence-electron chi connectivity index (χ3n) is 3.88. The summed E-state index contributed by atoms with van der Waals surface area (Å²) in [6, 6.07) is 17.4. The molecule has 0 aliphatic rings. The van der Waals surface area contributed by atoms with Gasteiger partial charge in [-0.25, -0.2) is 0 Å². The van der Waals surface area contributed by atoms with Gasteiger partial charge in [-0.1, -0.05) is 18.2 Å². The molecule has 0 unspecified atom stereocenters. The largest absolute Gasteiger partial charge is 0.490 e. The second-order valence-corrected chi connectivity index (χ2v) is 6.46. The zero-order valence-corrected chi connectivity index (χ0v) is 15.8. The molecular weight excluding hydrogens is 356 g/mol. The first-order valence-electron chi connectivity index (χ1n) is 9.00. The Balaban J connectivity index is 1.69. The molecule has 2 amide bonds. The van der Waals surface area contributed by atoms with Crippen molar-refractivity contribution in [1.29, 1.82) is 0 Å². The summed E-state index contributed by atoms with van der Waals surface area (Å²) in [5.41, 5.74) is 1.40. The molecule has 2 N–H and O–H groups in total. The van der Waals surface area contributed by atoms with Crippen molar-refractivity contribution < 1.29 is 18.7 Å². The van der Waals surface area contributed by atoms with Gasteiger partial charge in [0.15, 0.2) is 0 Å². The minimum absolute atomic E-state index is 0.0462. The lowest BCUT2D eigenvalue weighted by Crippen LogP contribution is -2.22. The predicted octanol–water partition coefficient (Wildman–Crippen LogP) is 4.25. The molecule has 0 aliphatic heterocycles. The first kappa shape index (κ1) is 19.2. The van der Waals surface area contributed by atoms with E-state index >= 15 is 0 Å². The lowest BCUT2D eigenvalue weighted by atomic mass is 10.1. The van der Waals surface area contributed by atoms with Gasteiger partial charge in [-0.05, 0) is 56.3 Å². The number of furan rings is 1. The second kappa shape index (κ2) is 8.90. The van der Waals surface area contributed by atoms with Gasteiger partial charge in [0.05, 0.1) is 24.5 Å². The maximum absolute atomic E-state index is 12.7. The number of benzene rings is 2. The van der Waals surface area contributed by atoms with Crippen LogP contribution in [0.1, 0.15) is 40.3 Å². The van der Waals surface area contributed by atoms with Crippen LogP contribution in [0.2, 0.25) is 0 Å². The number of hydrogen-bond donors (Lipinski definition) is 2. The number of amides is 2. The minimum Gasteiger partial charge on any atom is -0.490 e. The van der Waals surface area contributed by atoms with Crippen molar-refractivity contribution in [3.63, 3.8) is 0 Å². The van der Waals surface area contributed by atoms with E-state index in [1.54, 1.807) is 60.9 Å². The van der Waals surface area contributed by atoms with Gasteiger partial charge in [0.1, 0.15) is 11.5 Å². The summed E-state index contributed by atoms with van der Waals surface area (Å²) < 4.78 is 10.9. The fourth-order valence-electron chi connectivity index (χ4n) is 2.63. The number of para-hydroxylation sites is 1. The van der Waals surface area contributed by atoms with E-state index in [0.29, 0.717) is 34.9 Å². The monoisotopic (exact) mass is 378 g/mol. The molecule has 0 aliphatic carbocycles. The van der Waals surface area contributed by atoms with Crippen LogP contribution < -0.4 is 15.4 Å². The molecule has 3 rings (SSSR count). The second-order valence-electron chi connectivity index (χ2n) is 6.46. The molecule has 6 heteroatoms. The molecular formula is C22H22N2O4. The molecule has 0 atom stereocenters. The lowest BCUT2D eigenvalue weighted by molar-refractivity contribution is 0.0946. The first-order valence-corrected chi connectivity index (χ1v) is 9.00. The highest BCUT2D eigenvalue weighted by Gasteiger charge is 2.14. The topological polar surface area (TPSA) is 80.6 Å². The van der Waals surface area contributed by atoms with Crippen LogP contribution in [0.15, 0.2) is 71.3 Å². The molecule has 1 heterocycles. The Morgan fingerprint density at radius 2 is 1.82 bits per heavy atom. The Kier molecular flexibility index (Phi) is 6.11. The number of carbonyl (C=O) groups excluding carboxylic acids is 2. The third-order valence-corrected chi connectivity index (χ3v) is 3.88. The van der Waals surface area contributed by atoms with E-state index in [2.05, 4.69) is 10.6 Å². The summed E-state index contributed by atoms with van der Waals surface area (Å²) in [7, 11) is 0. The lowest BCUT2D eigenvalue weighted by Gasteiger charge is -2.14. The molecule has 0 saturated carbocycles. The maximum atomic E-state index is 12.7. The fraction of sp³-hybridized carbons (Fsp3) is 0.182. The predicted molar refractivity (Wildman–Crippen MR) is 106 cm³/mol. The zero-order chi connectivity index (χ0) is 19.9. The van der Waals surface area contributed by atoms with Gasteiger partial charge < -0.3 is 19.8 Å². The number of rotatable bonds is 7. The maximum Gasteiger partial charge on any atom is 0.259 e. The van der Waals surface area contributed by atoms with Crippen LogP contribution in [0.5, 0.6) is 5.75 Å². The molecule has 6 nitrogen and oxygen atoms in total. The Hall–Kier alpha value is -3.54. The van der Waals surface area contributed by atoms with Crippen LogP contribution in [-0.2, 0) is 6.54 Å². The summed E-state index contributed by atoms with van der Waals surface area (Å²) in [5.74, 6) is 0.627. The van der Waals surface area contributed by atoms with E-state index in [0.717, 1.165) is 0 Å². The van der Waals surface area contributed by atoms with Gasteiger partial charge in [0.2, 0.25) is 0 Å². The number of ether oxygens (including phenoxy) is 1. The van der Waals surface area contributed by atoms with Crippen molar-refractivity contribution in [2.75, 3.05) is 5.32 Å². The third kappa shape index (κ3) is 5.01. The van der Waals surface area contributed by atoms with Crippen LogP contribution in [0.25, 0.3) is 0 Å². The van der Waals surface area contributed by atoms with Crippen molar-refractivity contribution in [3.8, 4) is 5.75 Å². The van der Waals surface area contributed by atoms with Crippen molar-refractivity contribution in [2.45, 2.75) is 26.5 Å². The Labute approximate surface area is 163 Å². The van der Waals surface area contributed by atoms with Gasteiger partial charge in [0.25, 0.3) is 11.8 Å². The van der Waals surface area contributed by atoms with Crippen molar-refractivity contribution >= 4 is 17.5 Å². The van der Waals surface area contributed by atoms with Crippen LogP contribution in [0.3, 0.4) is 0 Å². The highest BCUT2D eigenvalue weighted by molar-refractivity contribution is 6.06. The smallest absolute Gasteiger partial charge is 0.259 e. The normalized spacial score (nSPS) is 10.5. The summed E-state index contributed by atoms with van der Waals surface area (Å²) in [6.45, 7) is 4.10. The van der Waals surface area contributed by atoms with E-state index in [4.69, 9.17) is 9.15 Å². The summed E-state index contributed by atoms with van der Waals surface area (Å²) >= 11 is 0. The van der Waals surface area contributed by atoms with Crippen LogP contribution in [0, 0.1) is 0 Å². The van der Waals surface area contributed by atoms with Gasteiger partial charge in [-0.15, -0.1) is 0 Å². The molecule has 0 bridgehead atoms. The van der Waals surface area contributed by atoms with E-state index in [9.17, 15) is 9.59 Å². The Morgan fingerprint density at radius 3 is 2.57 bits per heavy atom. The van der Waals surface area contributed by atoms with E-state index in [1.807, 2.05) is 19.9 Å². The van der Waals surface area contributed by atoms with E-state index < -0.39 is 0 Å². The molecule has 0 spiro atoms. The fourth-order valence-corrected chi connectivity index (χ4v) is 2.63. The molecule has 1 aromatic heterocycles. The van der Waals surface area contributed by atoms with Crippen LogP contribution in [-0.4, -0.2) is 17.9 Å². The summed E-state index contributed by atoms with van der Waals surface area (Å²) in [4.78, 5) is 25.0. The molecule has 2 aromatic carbocycles. The highest BCUT2D eigenvalue weighted by Crippen LogP contribution is 2.21. The molecule has 3 aromatic rings. The van der Waals surface area contributed by atoms with E-state index in [1.165, 1.54) is 0 Å². The van der Waals surface area contributed by atoms with Crippen LogP contribution >= 0.6 is 0 Å². The standard InChI is InChI=1S/C22H22N2O4/c1-15(2)28-20-11-4-3-10-19(20)22(26)24-17-8-5-7-16(13-17)21(25)23-14-18-9-6-12-27-18/h3-13,15H,14H2,1-2H3,(H,23,25)(H,24,26). The van der Waals surface area contributed by atoms with Gasteiger partial charge in [0, 0.05) is 11.3 Å². The number of carbonyl (C=O) groups is 2. The quantitative estimate of drug-likeness (QED) is 0.644. The summed E-state index contributed by atoms with van der Waals surface area (Å²) in [6.07, 6.45) is 1.51. The first-order chi connectivity index (χ1) is 13.5. The number of nitrogens with one attached hydrogen (secondary N) is 2. The number of anilines is 1. The average Bonchev–Trinajstić information content (AvgIpc) is 3.20. The molecule has 0 fully saturated rings. The van der Waals surface area contributed by atoms with Crippen molar-refractivity contribution in [3.05, 3.63) is 83.8 Å². The van der Waals surface area contributed by atoms with Gasteiger partial charge in [-0.2, -0.15) is 0 Å². The number of hydrogen-bond acceptors (Lipinski definition) is 4. The Bertz CT molecular complexity index is 949. The SMILES string of the molecule is CC(C)Oc1ccccc1C(=O)Nc1cccc(C(=O)NCc2ccco2)c1. The van der Waals surface area contributed by atoms with Crippen molar-refractivity contribution in [2.24, 2.45) is 0 Å². The molecule has 0 saturated heterocycles. The van der Waals surface area contributed by atoms with Crippen molar-refractivity contribution in [1.82, 2.24) is 5.32 Å². The molecule has 0 radical (unpaired) electrons. The summed E-state index contributed by atoms with van der Waals surface area (Å²) in [5, 5.41) is 5.60. The average molecular weight is 378 g/mol. The Morgan fingerprint density at radius 1 is 1.00 bits per heavy atom. The van der Waals surface area contributed by atoms with E-state index in [-0.39, 0.29) is 17.9 Å². The van der Waals surface area contributed by atoms with Gasteiger partial charge >= 0.3 is 0 Å². The minimum atomic E-state index is -0.301. The molecule has 28 heavy (non-hydrogen) atoms.